The molecule has 0 aliphatic carbocycles. The fourth-order valence-corrected chi connectivity index (χ4v) is 2.52. The molecule has 0 atom stereocenters. The van der Waals surface area contributed by atoms with Gasteiger partial charge in [0, 0.05) is 5.69 Å². The first kappa shape index (κ1) is 14.7. The number of carbonyl (C=O) groups excluding carboxylic acids is 1. The zero-order valence-electron chi connectivity index (χ0n) is 11.3. The second kappa shape index (κ2) is 6.63. The van der Waals surface area contributed by atoms with E-state index in [1.54, 1.807) is 6.07 Å². The molecule has 0 aliphatic heterocycles. The lowest BCUT2D eigenvalue weighted by Crippen LogP contribution is -2.33. The third-order valence-corrected chi connectivity index (χ3v) is 3.88. The Balaban J connectivity index is 1.93. The Kier molecular flexibility index (Phi) is 4.87. The van der Waals surface area contributed by atoms with Crippen LogP contribution < -0.4 is 10.6 Å². The zero-order valence-corrected chi connectivity index (χ0v) is 13.0. The average Bonchev–Trinajstić information content (AvgIpc) is 2.93. The fraction of sp³-hybridized carbons (Fsp3) is 0.200. The van der Waals surface area contributed by atoms with Crippen LogP contribution in [0.5, 0.6) is 0 Å². The van der Waals surface area contributed by atoms with Gasteiger partial charge in [0.25, 0.3) is 5.91 Å². The van der Waals surface area contributed by atoms with Crippen molar-refractivity contribution >= 4 is 40.3 Å². The number of benzene rings is 1. The maximum absolute atomic E-state index is 11.8. The van der Waals surface area contributed by atoms with Crippen LogP contribution in [0.3, 0.4) is 0 Å². The molecule has 0 bridgehead atoms. The summed E-state index contributed by atoms with van der Waals surface area (Å²) < 4.78 is 0. The maximum Gasteiger partial charge on any atom is 0.267 e. The molecule has 0 fully saturated rings. The van der Waals surface area contributed by atoms with Gasteiger partial charge in [0.1, 0.15) is 0 Å². The third-order valence-electron chi connectivity index (χ3n) is 2.81. The molecular formula is C15H16N2OS2. The van der Waals surface area contributed by atoms with E-state index >= 15 is 0 Å². The number of anilines is 1. The Morgan fingerprint density at radius 1 is 1.20 bits per heavy atom. The van der Waals surface area contributed by atoms with Crippen molar-refractivity contribution in [2.75, 3.05) is 5.32 Å². The topological polar surface area (TPSA) is 41.1 Å². The van der Waals surface area contributed by atoms with Crippen LogP contribution in [0.2, 0.25) is 0 Å². The minimum absolute atomic E-state index is 0.184. The van der Waals surface area contributed by atoms with Crippen LogP contribution >= 0.6 is 23.6 Å². The van der Waals surface area contributed by atoms with Gasteiger partial charge in [-0.15, -0.1) is 11.3 Å². The van der Waals surface area contributed by atoms with E-state index in [4.69, 9.17) is 12.2 Å². The smallest absolute Gasteiger partial charge is 0.267 e. The van der Waals surface area contributed by atoms with Gasteiger partial charge in [-0.2, -0.15) is 0 Å². The second-order valence-corrected chi connectivity index (χ2v) is 6.02. The van der Waals surface area contributed by atoms with Gasteiger partial charge < -0.3 is 5.32 Å². The van der Waals surface area contributed by atoms with Crippen molar-refractivity contribution in [3.8, 4) is 0 Å². The van der Waals surface area contributed by atoms with Crippen LogP contribution in [0, 0.1) is 0 Å². The lowest BCUT2D eigenvalue weighted by atomic mass is 10.0. The van der Waals surface area contributed by atoms with Gasteiger partial charge in [-0.05, 0) is 47.3 Å². The van der Waals surface area contributed by atoms with E-state index < -0.39 is 0 Å². The first-order valence-electron chi connectivity index (χ1n) is 6.32. The van der Waals surface area contributed by atoms with Gasteiger partial charge in [-0.1, -0.05) is 32.0 Å². The second-order valence-electron chi connectivity index (χ2n) is 4.66. The van der Waals surface area contributed by atoms with Gasteiger partial charge in [0.05, 0.1) is 4.88 Å². The minimum atomic E-state index is -0.184. The first-order chi connectivity index (χ1) is 9.56. The molecule has 0 saturated heterocycles. The molecule has 20 heavy (non-hydrogen) atoms. The molecule has 104 valence electrons. The molecule has 0 unspecified atom stereocenters. The Bertz CT molecular complexity index is 589. The summed E-state index contributed by atoms with van der Waals surface area (Å²) >= 11 is 6.52. The summed E-state index contributed by atoms with van der Waals surface area (Å²) in [6.45, 7) is 4.29. The van der Waals surface area contributed by atoms with Crippen molar-refractivity contribution in [2.45, 2.75) is 19.8 Å². The van der Waals surface area contributed by atoms with Gasteiger partial charge in [-0.3, -0.25) is 10.1 Å². The lowest BCUT2D eigenvalue weighted by molar-refractivity contribution is 0.0981. The summed E-state index contributed by atoms with van der Waals surface area (Å²) in [6.07, 6.45) is 0. The summed E-state index contributed by atoms with van der Waals surface area (Å²) in [7, 11) is 0. The molecule has 0 saturated carbocycles. The highest BCUT2D eigenvalue weighted by Gasteiger charge is 2.08. The van der Waals surface area contributed by atoms with E-state index in [2.05, 4.69) is 36.6 Å². The van der Waals surface area contributed by atoms with E-state index in [0.29, 0.717) is 15.9 Å². The molecular weight excluding hydrogens is 288 g/mol. The van der Waals surface area contributed by atoms with Gasteiger partial charge in [-0.25, -0.2) is 0 Å². The zero-order chi connectivity index (χ0) is 14.5. The molecule has 0 spiro atoms. The molecule has 0 radical (unpaired) electrons. The molecule has 3 nitrogen and oxygen atoms in total. The number of amides is 1. The van der Waals surface area contributed by atoms with Gasteiger partial charge in [0.2, 0.25) is 0 Å². The quantitative estimate of drug-likeness (QED) is 0.842. The molecule has 2 rings (SSSR count). The number of rotatable bonds is 3. The highest BCUT2D eigenvalue weighted by Crippen LogP contribution is 2.17. The van der Waals surface area contributed by atoms with Crippen molar-refractivity contribution in [1.29, 1.82) is 0 Å². The van der Waals surface area contributed by atoms with Crippen LogP contribution in [0.1, 0.15) is 35.0 Å². The number of carbonyl (C=O) groups is 1. The van der Waals surface area contributed by atoms with Crippen LogP contribution in [0.4, 0.5) is 5.69 Å². The van der Waals surface area contributed by atoms with Gasteiger partial charge in [0.15, 0.2) is 5.11 Å². The third kappa shape index (κ3) is 3.88. The number of thiocarbonyl (C=S) groups is 1. The predicted molar refractivity (Wildman–Crippen MR) is 88.5 cm³/mol. The summed E-state index contributed by atoms with van der Waals surface area (Å²) in [5.74, 6) is 0.311. The molecule has 1 aromatic heterocycles. The largest absolute Gasteiger partial charge is 0.332 e. The predicted octanol–water partition coefficient (Wildman–Crippen LogP) is 4.00. The van der Waals surface area contributed by atoms with Crippen LogP contribution in [-0.2, 0) is 0 Å². The fourth-order valence-electron chi connectivity index (χ4n) is 1.69. The molecule has 2 aromatic rings. The molecule has 1 amide bonds. The molecule has 2 N–H and O–H groups in total. The molecule has 5 heteroatoms. The first-order valence-corrected chi connectivity index (χ1v) is 7.61. The number of hydrogen-bond acceptors (Lipinski definition) is 3. The standard InChI is InChI=1S/C15H16N2OS2/c1-10(2)11-5-7-12(8-6-11)16-15(19)17-14(18)13-4-3-9-20-13/h3-10H,1-2H3,(H2,16,17,18,19). The van der Waals surface area contributed by atoms with E-state index in [0.717, 1.165) is 5.69 Å². The monoisotopic (exact) mass is 304 g/mol. The van der Waals surface area contributed by atoms with Crippen molar-refractivity contribution in [3.63, 3.8) is 0 Å². The highest BCUT2D eigenvalue weighted by molar-refractivity contribution is 7.80. The highest BCUT2D eigenvalue weighted by atomic mass is 32.1. The minimum Gasteiger partial charge on any atom is -0.332 e. The maximum atomic E-state index is 11.8. The molecule has 0 aliphatic rings. The Morgan fingerprint density at radius 3 is 2.45 bits per heavy atom. The number of hydrogen-bond donors (Lipinski definition) is 2. The SMILES string of the molecule is CC(C)c1ccc(NC(=S)NC(=O)c2cccs2)cc1. The van der Waals surface area contributed by atoms with Crippen molar-refractivity contribution < 1.29 is 4.79 Å². The normalized spacial score (nSPS) is 10.3. The Hall–Kier alpha value is -1.72. The van der Waals surface area contributed by atoms with Crippen LogP contribution in [0.25, 0.3) is 0 Å². The van der Waals surface area contributed by atoms with Crippen molar-refractivity contribution in [2.24, 2.45) is 0 Å². The van der Waals surface area contributed by atoms with E-state index in [1.807, 2.05) is 23.6 Å². The lowest BCUT2D eigenvalue weighted by Gasteiger charge is -2.10. The van der Waals surface area contributed by atoms with Crippen molar-refractivity contribution in [1.82, 2.24) is 5.32 Å². The van der Waals surface area contributed by atoms with E-state index in [1.165, 1.54) is 16.9 Å². The van der Waals surface area contributed by atoms with E-state index in [-0.39, 0.29) is 5.91 Å². The summed E-state index contributed by atoms with van der Waals surface area (Å²) in [4.78, 5) is 12.5. The van der Waals surface area contributed by atoms with Crippen LogP contribution in [-0.4, -0.2) is 11.0 Å². The summed E-state index contributed by atoms with van der Waals surface area (Å²) in [5, 5.41) is 7.83. The Labute approximate surface area is 128 Å². The van der Waals surface area contributed by atoms with Gasteiger partial charge >= 0.3 is 0 Å². The molecule has 1 heterocycles. The van der Waals surface area contributed by atoms with Crippen molar-refractivity contribution in [3.05, 3.63) is 52.2 Å². The van der Waals surface area contributed by atoms with E-state index in [9.17, 15) is 4.79 Å². The number of thiophene rings is 1. The number of nitrogens with one attached hydrogen (secondary N) is 2. The summed E-state index contributed by atoms with van der Waals surface area (Å²) in [6, 6.07) is 11.6. The molecule has 1 aromatic carbocycles. The Morgan fingerprint density at radius 2 is 1.90 bits per heavy atom. The average molecular weight is 304 g/mol. The van der Waals surface area contributed by atoms with Crippen LogP contribution in [0.15, 0.2) is 41.8 Å². The summed E-state index contributed by atoms with van der Waals surface area (Å²) in [5.41, 5.74) is 2.13.